The first-order valence-electron chi connectivity index (χ1n) is 5.31. The van der Waals surface area contributed by atoms with Crippen LogP contribution in [0.2, 0.25) is 0 Å². The van der Waals surface area contributed by atoms with Crippen LogP contribution in [-0.4, -0.2) is 42.4 Å². The van der Waals surface area contributed by atoms with E-state index in [1.54, 1.807) is 0 Å². The molecule has 2 aromatic heterocycles. The quantitative estimate of drug-likeness (QED) is 0.714. The normalized spacial score (nSPS) is 25.4. The molecule has 10 heteroatoms. The fourth-order valence-electron chi connectivity index (χ4n) is 1.95. The molecule has 7 nitrogen and oxygen atoms in total. The van der Waals surface area contributed by atoms with E-state index in [0.717, 1.165) is 22.7 Å². The van der Waals surface area contributed by atoms with E-state index in [1.807, 2.05) is 0 Å². The number of aromatic nitrogens is 4. The summed E-state index contributed by atoms with van der Waals surface area (Å²) in [6.45, 7) is -0.614. The molecule has 1 aliphatic heterocycles. The van der Waals surface area contributed by atoms with Crippen molar-refractivity contribution in [3.05, 3.63) is 16.7 Å². The third-order valence-electron chi connectivity index (χ3n) is 2.92. The Morgan fingerprint density at radius 2 is 2.37 bits per heavy atom. The standard InChI is InChI=1S/C9H9F2N5O2S/c10-9(11)3(1-17)19-7(9)16-2-13-4-5(16)14-8(12)15-6(4)18/h2-3,7,17H,1H2,(H3,12,14,15,18)/t3-,7-/m1/s1. The summed E-state index contributed by atoms with van der Waals surface area (Å²) in [5.74, 6) is -3.25. The lowest BCUT2D eigenvalue weighted by molar-refractivity contribution is -0.0520. The highest BCUT2D eigenvalue weighted by Crippen LogP contribution is 2.56. The zero-order valence-corrected chi connectivity index (χ0v) is 10.2. The molecule has 1 saturated heterocycles. The van der Waals surface area contributed by atoms with Crippen LogP contribution in [-0.2, 0) is 0 Å². The summed E-state index contributed by atoms with van der Waals surface area (Å²) in [6, 6.07) is 0. The second-order valence-electron chi connectivity index (χ2n) is 4.11. The van der Waals surface area contributed by atoms with Crippen molar-refractivity contribution in [2.45, 2.75) is 16.5 Å². The smallest absolute Gasteiger partial charge is 0.291 e. The van der Waals surface area contributed by atoms with Gasteiger partial charge in [0.25, 0.3) is 11.5 Å². The van der Waals surface area contributed by atoms with Gasteiger partial charge in [-0.25, -0.2) is 13.8 Å². The lowest BCUT2D eigenvalue weighted by Gasteiger charge is -2.43. The van der Waals surface area contributed by atoms with Crippen molar-refractivity contribution in [1.82, 2.24) is 19.5 Å². The number of aliphatic hydroxyl groups is 1. The largest absolute Gasteiger partial charge is 0.395 e. The summed E-state index contributed by atoms with van der Waals surface area (Å²) >= 11 is 0.895. The van der Waals surface area contributed by atoms with Gasteiger partial charge in [-0.15, -0.1) is 11.8 Å². The number of H-pyrrole nitrogens is 1. The average Bonchev–Trinajstić information content (AvgIpc) is 2.72. The van der Waals surface area contributed by atoms with Crippen LogP contribution in [0, 0.1) is 0 Å². The van der Waals surface area contributed by atoms with E-state index in [2.05, 4.69) is 15.0 Å². The number of nitrogen functional groups attached to an aromatic ring is 1. The number of imidazole rings is 1. The predicted octanol–water partition coefficient (Wildman–Crippen LogP) is -0.0566. The van der Waals surface area contributed by atoms with Crippen LogP contribution in [0.5, 0.6) is 0 Å². The summed E-state index contributed by atoms with van der Waals surface area (Å²) in [6.07, 6.45) is 1.13. The number of nitrogens with two attached hydrogens (primary N) is 1. The molecule has 0 aliphatic carbocycles. The van der Waals surface area contributed by atoms with E-state index in [-0.39, 0.29) is 17.1 Å². The Labute approximate surface area is 108 Å². The van der Waals surface area contributed by atoms with Crippen LogP contribution in [0.1, 0.15) is 5.37 Å². The van der Waals surface area contributed by atoms with Gasteiger partial charge in [-0.3, -0.25) is 14.3 Å². The molecule has 0 radical (unpaired) electrons. The van der Waals surface area contributed by atoms with Gasteiger partial charge >= 0.3 is 0 Å². The molecule has 1 aliphatic rings. The minimum absolute atomic E-state index is 0.00909. The SMILES string of the molecule is Nc1nc2c(ncn2[C@@H]2S[C@H](CO)C2(F)F)c(=O)[nH]1. The molecule has 0 unspecified atom stereocenters. The van der Waals surface area contributed by atoms with Crippen molar-refractivity contribution in [2.75, 3.05) is 12.3 Å². The third kappa shape index (κ3) is 1.63. The van der Waals surface area contributed by atoms with Gasteiger partial charge in [-0.1, -0.05) is 0 Å². The summed E-state index contributed by atoms with van der Waals surface area (Å²) in [7, 11) is 0. The third-order valence-corrected chi connectivity index (χ3v) is 4.51. The van der Waals surface area contributed by atoms with Crippen molar-refractivity contribution in [3.8, 4) is 0 Å². The van der Waals surface area contributed by atoms with E-state index in [0.29, 0.717) is 0 Å². The van der Waals surface area contributed by atoms with Gasteiger partial charge in [0.05, 0.1) is 18.2 Å². The number of halogens is 2. The fourth-order valence-corrected chi connectivity index (χ4v) is 3.07. The summed E-state index contributed by atoms with van der Waals surface area (Å²) in [5, 5.41) is 6.42. The average molecular weight is 289 g/mol. The molecule has 1 fully saturated rings. The van der Waals surface area contributed by atoms with Gasteiger partial charge < -0.3 is 10.8 Å². The van der Waals surface area contributed by atoms with E-state index >= 15 is 0 Å². The Morgan fingerprint density at radius 1 is 1.63 bits per heavy atom. The molecule has 0 saturated carbocycles. The number of nitrogens with zero attached hydrogens (tertiary/aromatic N) is 3. The zero-order chi connectivity index (χ0) is 13.8. The molecule has 0 amide bonds. The van der Waals surface area contributed by atoms with Crippen LogP contribution in [0.3, 0.4) is 0 Å². The number of alkyl halides is 2. The Kier molecular flexibility index (Phi) is 2.54. The number of nitrogens with one attached hydrogen (secondary N) is 1. The first kappa shape index (κ1) is 12.4. The first-order chi connectivity index (χ1) is 8.95. The molecule has 2 aromatic rings. The van der Waals surface area contributed by atoms with Crippen molar-refractivity contribution in [3.63, 3.8) is 0 Å². The number of thioether (sulfide) groups is 1. The monoisotopic (exact) mass is 289 g/mol. The molecular formula is C9H9F2N5O2S. The number of aliphatic hydroxyl groups excluding tert-OH is 1. The number of rotatable bonds is 2. The van der Waals surface area contributed by atoms with E-state index in [9.17, 15) is 13.6 Å². The Hall–Kier alpha value is -1.68. The highest BCUT2D eigenvalue weighted by Gasteiger charge is 2.59. The molecule has 0 aromatic carbocycles. The molecule has 0 spiro atoms. The van der Waals surface area contributed by atoms with Crippen LogP contribution in [0.25, 0.3) is 11.2 Å². The Balaban J connectivity index is 2.11. The number of hydrogen-bond donors (Lipinski definition) is 3. The minimum Gasteiger partial charge on any atom is -0.395 e. The maximum atomic E-state index is 13.8. The van der Waals surface area contributed by atoms with Gasteiger partial charge in [-0.05, 0) is 0 Å². The number of hydrogen-bond acceptors (Lipinski definition) is 6. The van der Waals surface area contributed by atoms with Crippen molar-refractivity contribution >= 4 is 28.9 Å². The van der Waals surface area contributed by atoms with E-state index < -0.39 is 28.7 Å². The summed E-state index contributed by atoms with van der Waals surface area (Å²) < 4.78 is 28.7. The highest BCUT2D eigenvalue weighted by molar-refractivity contribution is 8.01. The Morgan fingerprint density at radius 3 is 3.00 bits per heavy atom. The van der Waals surface area contributed by atoms with E-state index in [1.165, 1.54) is 0 Å². The second kappa shape index (κ2) is 3.90. The molecular weight excluding hydrogens is 280 g/mol. The minimum atomic E-state index is -3.09. The molecule has 0 bridgehead atoms. The van der Waals surface area contributed by atoms with Gasteiger partial charge in [0, 0.05) is 0 Å². The maximum absolute atomic E-state index is 13.8. The topological polar surface area (TPSA) is 110 Å². The van der Waals surface area contributed by atoms with Gasteiger partial charge in [-0.2, -0.15) is 4.98 Å². The fraction of sp³-hybridized carbons (Fsp3) is 0.444. The molecule has 19 heavy (non-hydrogen) atoms. The van der Waals surface area contributed by atoms with Crippen molar-refractivity contribution < 1.29 is 13.9 Å². The van der Waals surface area contributed by atoms with Gasteiger partial charge in [0.1, 0.15) is 5.37 Å². The molecule has 102 valence electrons. The lowest BCUT2D eigenvalue weighted by atomic mass is 10.2. The molecule has 3 heterocycles. The van der Waals surface area contributed by atoms with Crippen LogP contribution < -0.4 is 11.3 Å². The molecule has 2 atom stereocenters. The predicted molar refractivity (Wildman–Crippen MR) is 65.0 cm³/mol. The molecule has 4 N–H and O–H groups in total. The van der Waals surface area contributed by atoms with Crippen molar-refractivity contribution in [1.29, 1.82) is 0 Å². The molecule has 3 rings (SSSR count). The Bertz CT molecular complexity index is 699. The second-order valence-corrected chi connectivity index (χ2v) is 5.40. The van der Waals surface area contributed by atoms with E-state index in [4.69, 9.17) is 10.8 Å². The van der Waals surface area contributed by atoms with Crippen LogP contribution >= 0.6 is 11.8 Å². The zero-order valence-electron chi connectivity index (χ0n) is 9.38. The van der Waals surface area contributed by atoms with Gasteiger partial charge in [0.15, 0.2) is 11.2 Å². The van der Waals surface area contributed by atoms with Gasteiger partial charge in [0.2, 0.25) is 5.95 Å². The number of anilines is 1. The lowest BCUT2D eigenvalue weighted by Crippen LogP contribution is -2.50. The first-order valence-corrected chi connectivity index (χ1v) is 6.26. The maximum Gasteiger partial charge on any atom is 0.291 e. The van der Waals surface area contributed by atoms with Crippen molar-refractivity contribution in [2.24, 2.45) is 0 Å². The van der Waals surface area contributed by atoms with Crippen LogP contribution in [0.4, 0.5) is 14.7 Å². The number of fused-ring (bicyclic) bond motifs is 1. The number of aromatic amines is 1. The highest BCUT2D eigenvalue weighted by atomic mass is 32.2. The van der Waals surface area contributed by atoms with Crippen LogP contribution in [0.15, 0.2) is 11.1 Å². The summed E-state index contributed by atoms with van der Waals surface area (Å²) in [5.41, 5.74) is 4.78. The summed E-state index contributed by atoms with van der Waals surface area (Å²) in [4.78, 5) is 21.4.